The number of benzene rings is 2. The van der Waals surface area contributed by atoms with E-state index in [0.717, 1.165) is 78.3 Å². The molecule has 0 aliphatic carbocycles. The molecule has 0 unspecified atom stereocenters. The monoisotopic (exact) mass is 489 g/mol. The van der Waals surface area contributed by atoms with Crippen molar-refractivity contribution in [2.75, 3.05) is 36.0 Å². The molecule has 3 aromatic heterocycles. The number of aromatic nitrogens is 3. The summed E-state index contributed by atoms with van der Waals surface area (Å²) < 4.78 is 14.3. The van der Waals surface area contributed by atoms with Gasteiger partial charge in [-0.15, -0.1) is 0 Å². The lowest BCUT2D eigenvalue weighted by molar-refractivity contribution is 0.481. The molecular weight excluding hydrogens is 461 g/mol. The van der Waals surface area contributed by atoms with E-state index in [0.29, 0.717) is 5.92 Å². The highest BCUT2D eigenvalue weighted by atomic mass is 19.1. The van der Waals surface area contributed by atoms with Gasteiger partial charge < -0.3 is 9.80 Å². The topological polar surface area (TPSA) is 45.2 Å². The van der Waals surface area contributed by atoms with Crippen molar-refractivity contribution in [3.8, 4) is 0 Å². The van der Waals surface area contributed by atoms with Crippen molar-refractivity contribution in [3.05, 3.63) is 102 Å². The molecule has 37 heavy (non-hydrogen) atoms. The van der Waals surface area contributed by atoms with Crippen molar-refractivity contribution in [1.82, 2.24) is 15.0 Å². The molecule has 184 valence electrons. The van der Waals surface area contributed by atoms with Gasteiger partial charge in [0, 0.05) is 60.5 Å². The highest BCUT2D eigenvalue weighted by molar-refractivity contribution is 5.80. The average Bonchev–Trinajstić information content (AvgIpc) is 2.93. The number of hydrogen-bond acceptors (Lipinski definition) is 5. The predicted molar refractivity (Wildman–Crippen MR) is 147 cm³/mol. The standard InChI is InChI=1S/C31H28FN5/c32-25-17-29(36-15-13-23(14-16-36)28-11-9-21-5-1-3-7-26(21)34-28)31(33-18-25)24-19-37(20-24)30-12-10-22-6-2-4-8-27(22)35-30/h1-12,17-18,23-24H,13-16,19-20H2. The smallest absolute Gasteiger partial charge is 0.143 e. The Bertz CT molecular complexity index is 1590. The number of halogens is 1. The number of hydrogen-bond donors (Lipinski definition) is 0. The summed E-state index contributed by atoms with van der Waals surface area (Å²) in [7, 11) is 0. The summed E-state index contributed by atoms with van der Waals surface area (Å²) in [5, 5.41) is 2.32. The van der Waals surface area contributed by atoms with Crippen LogP contribution in [0.5, 0.6) is 0 Å². The second-order valence-electron chi connectivity index (χ2n) is 10.2. The SMILES string of the molecule is Fc1cnc(C2CN(c3ccc4ccccc4n3)C2)c(N2CCC(c3ccc4ccccc4n3)CC2)c1. The molecule has 0 atom stereocenters. The number of pyridine rings is 3. The molecule has 2 aliphatic rings. The summed E-state index contributed by atoms with van der Waals surface area (Å²) in [6, 6.07) is 26.7. The van der Waals surface area contributed by atoms with Crippen LogP contribution in [0.1, 0.15) is 36.1 Å². The predicted octanol–water partition coefficient (Wildman–Crippen LogP) is 6.30. The summed E-state index contributed by atoms with van der Waals surface area (Å²) in [6.45, 7) is 3.43. The molecule has 0 radical (unpaired) electrons. The molecule has 2 aromatic carbocycles. The van der Waals surface area contributed by atoms with Crippen molar-refractivity contribution in [2.45, 2.75) is 24.7 Å². The van der Waals surface area contributed by atoms with Crippen LogP contribution in [0.4, 0.5) is 15.9 Å². The van der Waals surface area contributed by atoms with Gasteiger partial charge in [-0.05, 0) is 43.2 Å². The highest BCUT2D eigenvalue weighted by Gasteiger charge is 2.34. The molecule has 2 saturated heterocycles. The quantitative estimate of drug-likeness (QED) is 0.296. The largest absolute Gasteiger partial charge is 0.370 e. The average molecular weight is 490 g/mol. The van der Waals surface area contributed by atoms with Gasteiger partial charge >= 0.3 is 0 Å². The van der Waals surface area contributed by atoms with Gasteiger partial charge in [0.25, 0.3) is 0 Å². The van der Waals surface area contributed by atoms with Gasteiger partial charge in [0.05, 0.1) is 28.6 Å². The Balaban J connectivity index is 1.06. The van der Waals surface area contributed by atoms with Crippen LogP contribution in [0.3, 0.4) is 0 Å². The molecule has 2 aliphatic heterocycles. The maximum Gasteiger partial charge on any atom is 0.143 e. The van der Waals surface area contributed by atoms with Gasteiger partial charge in [-0.1, -0.05) is 42.5 Å². The van der Waals surface area contributed by atoms with Gasteiger partial charge in [0.2, 0.25) is 0 Å². The van der Waals surface area contributed by atoms with E-state index in [1.807, 2.05) is 30.3 Å². The Labute approximate surface area is 215 Å². The van der Waals surface area contributed by atoms with Gasteiger partial charge in [-0.3, -0.25) is 9.97 Å². The number of fused-ring (bicyclic) bond motifs is 2. The first-order chi connectivity index (χ1) is 18.2. The fourth-order valence-electron chi connectivity index (χ4n) is 5.80. The summed E-state index contributed by atoms with van der Waals surface area (Å²) in [5.41, 5.74) is 5.16. The molecule has 0 amide bonds. The summed E-state index contributed by atoms with van der Waals surface area (Å²) in [5.74, 6) is 1.40. The van der Waals surface area contributed by atoms with Crippen LogP contribution in [0.15, 0.2) is 85.1 Å². The van der Waals surface area contributed by atoms with E-state index in [1.54, 1.807) is 6.07 Å². The van der Waals surface area contributed by atoms with Gasteiger partial charge in [0.15, 0.2) is 0 Å². The molecule has 0 bridgehead atoms. The van der Waals surface area contributed by atoms with Crippen LogP contribution in [0.25, 0.3) is 21.8 Å². The maximum absolute atomic E-state index is 14.3. The van der Waals surface area contributed by atoms with E-state index in [1.165, 1.54) is 11.6 Å². The lowest BCUT2D eigenvalue weighted by atomic mass is 9.90. The van der Waals surface area contributed by atoms with Crippen molar-refractivity contribution >= 4 is 33.3 Å². The lowest BCUT2D eigenvalue weighted by Crippen LogP contribution is -2.46. The third-order valence-corrected chi connectivity index (χ3v) is 7.91. The number of piperidine rings is 1. The maximum atomic E-state index is 14.3. The fourth-order valence-corrected chi connectivity index (χ4v) is 5.80. The number of rotatable bonds is 4. The Morgan fingerprint density at radius 3 is 2.14 bits per heavy atom. The first-order valence-corrected chi connectivity index (χ1v) is 13.1. The molecule has 0 saturated carbocycles. The van der Waals surface area contributed by atoms with Crippen LogP contribution in [0, 0.1) is 5.82 Å². The minimum atomic E-state index is -0.274. The Kier molecular flexibility index (Phi) is 5.46. The van der Waals surface area contributed by atoms with Crippen molar-refractivity contribution in [1.29, 1.82) is 0 Å². The number of anilines is 2. The third-order valence-electron chi connectivity index (χ3n) is 7.91. The number of para-hydroxylation sites is 2. The zero-order valence-corrected chi connectivity index (χ0v) is 20.6. The number of nitrogens with zero attached hydrogens (tertiary/aromatic N) is 5. The van der Waals surface area contributed by atoms with Crippen molar-refractivity contribution in [2.24, 2.45) is 0 Å². The van der Waals surface area contributed by atoms with E-state index in [2.05, 4.69) is 57.2 Å². The summed E-state index contributed by atoms with van der Waals surface area (Å²) >= 11 is 0. The van der Waals surface area contributed by atoms with Crippen LogP contribution < -0.4 is 9.80 Å². The third kappa shape index (κ3) is 4.16. The van der Waals surface area contributed by atoms with Gasteiger partial charge in [-0.25, -0.2) is 9.37 Å². The fraction of sp³-hybridized carbons (Fsp3) is 0.258. The first-order valence-electron chi connectivity index (χ1n) is 13.1. The van der Waals surface area contributed by atoms with Crippen molar-refractivity contribution in [3.63, 3.8) is 0 Å². The van der Waals surface area contributed by atoms with E-state index < -0.39 is 0 Å². The Morgan fingerprint density at radius 1 is 0.703 bits per heavy atom. The lowest BCUT2D eigenvalue weighted by Gasteiger charge is -2.42. The highest BCUT2D eigenvalue weighted by Crippen LogP contribution is 2.38. The molecule has 5 heterocycles. The minimum absolute atomic E-state index is 0.267. The molecule has 0 spiro atoms. The molecule has 7 rings (SSSR count). The second kappa shape index (κ2) is 9.11. The van der Waals surface area contributed by atoms with E-state index >= 15 is 0 Å². The van der Waals surface area contributed by atoms with E-state index in [4.69, 9.17) is 9.97 Å². The first kappa shape index (κ1) is 22.2. The van der Waals surface area contributed by atoms with Crippen LogP contribution in [0.2, 0.25) is 0 Å². The Morgan fingerprint density at radius 2 is 1.38 bits per heavy atom. The van der Waals surface area contributed by atoms with E-state index in [-0.39, 0.29) is 11.7 Å². The van der Waals surface area contributed by atoms with Gasteiger partial charge in [0.1, 0.15) is 11.6 Å². The normalized spacial score (nSPS) is 16.9. The zero-order valence-electron chi connectivity index (χ0n) is 20.6. The molecular formula is C31H28FN5. The van der Waals surface area contributed by atoms with Crippen molar-refractivity contribution < 1.29 is 4.39 Å². The molecule has 0 N–H and O–H groups in total. The molecule has 2 fully saturated rings. The van der Waals surface area contributed by atoms with E-state index in [9.17, 15) is 4.39 Å². The summed E-state index contributed by atoms with van der Waals surface area (Å²) in [4.78, 5) is 19.0. The second-order valence-corrected chi connectivity index (χ2v) is 10.2. The zero-order chi connectivity index (χ0) is 24.8. The molecule has 5 nitrogen and oxygen atoms in total. The summed E-state index contributed by atoms with van der Waals surface area (Å²) in [6.07, 6.45) is 3.36. The van der Waals surface area contributed by atoms with Gasteiger partial charge in [-0.2, -0.15) is 0 Å². The Hall–Kier alpha value is -4.06. The molecule has 5 aromatic rings. The van der Waals surface area contributed by atoms with Crippen LogP contribution >= 0.6 is 0 Å². The minimum Gasteiger partial charge on any atom is -0.370 e. The van der Waals surface area contributed by atoms with Crippen LogP contribution in [-0.4, -0.2) is 41.1 Å². The van der Waals surface area contributed by atoms with Crippen LogP contribution in [-0.2, 0) is 0 Å². The molecule has 6 heteroatoms.